The summed E-state index contributed by atoms with van der Waals surface area (Å²) in [5.74, 6) is 1.02. The van der Waals surface area contributed by atoms with Gasteiger partial charge in [-0.25, -0.2) is 0 Å². The number of hydrogen-bond acceptors (Lipinski definition) is 3. The number of nitrogens with zero attached hydrogens (tertiary/aromatic N) is 2. The van der Waals surface area contributed by atoms with Crippen LogP contribution in [0.25, 0.3) is 10.9 Å². The number of nitrogens with one attached hydrogen (secondary N) is 2. The van der Waals surface area contributed by atoms with Gasteiger partial charge in [0.2, 0.25) is 0 Å². The molecule has 0 saturated carbocycles. The summed E-state index contributed by atoms with van der Waals surface area (Å²) in [6, 6.07) is 8.50. The van der Waals surface area contributed by atoms with Gasteiger partial charge >= 0.3 is 0 Å². The zero-order valence-corrected chi connectivity index (χ0v) is 20.3. The van der Waals surface area contributed by atoms with Gasteiger partial charge < -0.3 is 24.7 Å². The Balaban J connectivity index is 0.00000256. The molecule has 2 N–H and O–H groups in total. The third kappa shape index (κ3) is 6.11. The average Bonchev–Trinajstić information content (AvgIpc) is 3.43. The summed E-state index contributed by atoms with van der Waals surface area (Å²) in [6.07, 6.45) is 9.40. The molecule has 166 valence electrons. The number of aryl methyl sites for hydroxylation is 1. The van der Waals surface area contributed by atoms with E-state index in [-0.39, 0.29) is 24.0 Å². The van der Waals surface area contributed by atoms with E-state index in [2.05, 4.69) is 50.7 Å². The van der Waals surface area contributed by atoms with Crippen LogP contribution in [0.5, 0.6) is 0 Å². The molecule has 2 aliphatic heterocycles. The first-order valence-electron chi connectivity index (χ1n) is 11.1. The molecule has 0 radical (unpaired) electrons. The van der Waals surface area contributed by atoms with Crippen molar-refractivity contribution in [2.75, 3.05) is 39.9 Å². The third-order valence-electron chi connectivity index (χ3n) is 6.08. The number of aromatic nitrogens is 1. The van der Waals surface area contributed by atoms with Crippen molar-refractivity contribution in [1.82, 2.24) is 15.2 Å². The monoisotopic (exact) mass is 526 g/mol. The Morgan fingerprint density at radius 1 is 1.27 bits per heavy atom. The summed E-state index contributed by atoms with van der Waals surface area (Å²) in [5.41, 5.74) is 2.61. The minimum atomic E-state index is 0. The van der Waals surface area contributed by atoms with Gasteiger partial charge in [0.1, 0.15) is 0 Å². The minimum absolute atomic E-state index is 0. The van der Waals surface area contributed by atoms with Crippen molar-refractivity contribution in [2.45, 2.75) is 50.7 Å². The first-order chi connectivity index (χ1) is 14.3. The fourth-order valence-corrected chi connectivity index (χ4v) is 4.40. The number of halogens is 1. The fraction of sp³-hybridized carbons (Fsp3) is 0.609. The summed E-state index contributed by atoms with van der Waals surface area (Å²) in [7, 11) is 1.88. The molecule has 7 heteroatoms. The molecule has 1 aromatic carbocycles. The molecule has 3 heterocycles. The van der Waals surface area contributed by atoms with Crippen LogP contribution in [-0.2, 0) is 15.9 Å². The van der Waals surface area contributed by atoms with E-state index in [1.807, 2.05) is 7.05 Å². The molecule has 1 unspecified atom stereocenters. The lowest BCUT2D eigenvalue weighted by molar-refractivity contribution is -0.0367. The molecule has 1 atom stereocenters. The van der Waals surface area contributed by atoms with Gasteiger partial charge in [-0.05, 0) is 50.2 Å². The van der Waals surface area contributed by atoms with E-state index in [9.17, 15) is 0 Å². The van der Waals surface area contributed by atoms with Crippen molar-refractivity contribution in [2.24, 2.45) is 4.99 Å². The fourth-order valence-electron chi connectivity index (χ4n) is 4.40. The van der Waals surface area contributed by atoms with Crippen LogP contribution in [0.1, 0.15) is 37.7 Å². The second kappa shape index (κ2) is 11.9. The molecule has 1 aromatic heterocycles. The van der Waals surface area contributed by atoms with E-state index < -0.39 is 0 Å². The number of rotatable bonds is 7. The highest BCUT2D eigenvalue weighted by Gasteiger charge is 2.24. The smallest absolute Gasteiger partial charge is 0.193 e. The number of aliphatic imine (C=N–C) groups is 1. The maximum Gasteiger partial charge on any atom is 0.193 e. The normalized spacial score (nSPS) is 20.5. The lowest BCUT2D eigenvalue weighted by Crippen LogP contribution is -2.47. The van der Waals surface area contributed by atoms with Crippen molar-refractivity contribution < 1.29 is 9.47 Å². The number of guanidine groups is 1. The van der Waals surface area contributed by atoms with E-state index in [4.69, 9.17) is 9.47 Å². The largest absolute Gasteiger partial charge is 0.376 e. The van der Waals surface area contributed by atoms with Crippen molar-refractivity contribution in [1.29, 1.82) is 0 Å². The van der Waals surface area contributed by atoms with Gasteiger partial charge in [0.15, 0.2) is 5.96 Å². The van der Waals surface area contributed by atoms with Crippen LogP contribution < -0.4 is 5.32 Å². The van der Waals surface area contributed by atoms with E-state index in [0.29, 0.717) is 12.2 Å². The maximum atomic E-state index is 6.09. The Morgan fingerprint density at radius 2 is 2.10 bits per heavy atom. The Hall–Kier alpha value is -1.32. The summed E-state index contributed by atoms with van der Waals surface area (Å²) >= 11 is 0. The van der Waals surface area contributed by atoms with E-state index >= 15 is 0 Å². The number of para-hydroxylation sites is 1. The predicted molar refractivity (Wildman–Crippen MR) is 133 cm³/mol. The number of ether oxygens (including phenoxy) is 2. The average molecular weight is 526 g/mol. The number of piperidine rings is 1. The van der Waals surface area contributed by atoms with E-state index in [0.717, 1.165) is 70.9 Å². The molecular formula is C23H35IN4O2. The molecule has 2 fully saturated rings. The third-order valence-corrected chi connectivity index (χ3v) is 6.08. The Morgan fingerprint density at radius 3 is 2.87 bits per heavy atom. The lowest BCUT2D eigenvalue weighted by atomic mass is 10.1. The number of aromatic amines is 1. The van der Waals surface area contributed by atoms with Gasteiger partial charge in [0.25, 0.3) is 0 Å². The van der Waals surface area contributed by atoms with E-state index in [1.165, 1.54) is 22.9 Å². The van der Waals surface area contributed by atoms with Crippen LogP contribution in [0.4, 0.5) is 0 Å². The Kier molecular flexibility index (Phi) is 9.27. The van der Waals surface area contributed by atoms with Crippen LogP contribution in [-0.4, -0.2) is 67.9 Å². The van der Waals surface area contributed by atoms with Crippen LogP contribution in [0.3, 0.4) is 0 Å². The molecule has 0 aliphatic carbocycles. The summed E-state index contributed by atoms with van der Waals surface area (Å²) in [4.78, 5) is 10.2. The van der Waals surface area contributed by atoms with Crippen LogP contribution in [0.2, 0.25) is 0 Å². The number of hydrogen-bond donors (Lipinski definition) is 2. The van der Waals surface area contributed by atoms with Crippen LogP contribution >= 0.6 is 24.0 Å². The summed E-state index contributed by atoms with van der Waals surface area (Å²) < 4.78 is 11.7. The van der Waals surface area contributed by atoms with E-state index in [1.54, 1.807) is 0 Å². The molecule has 30 heavy (non-hydrogen) atoms. The second-order valence-corrected chi connectivity index (χ2v) is 8.09. The maximum absolute atomic E-state index is 6.09. The molecule has 0 spiro atoms. The highest BCUT2D eigenvalue weighted by Crippen LogP contribution is 2.19. The molecule has 2 aromatic rings. The zero-order valence-electron chi connectivity index (χ0n) is 17.9. The zero-order chi connectivity index (χ0) is 19.9. The standard InChI is InChI=1S/C23H34N4O2.HI/c1-24-23(25-12-4-6-18-16-26-22-9-3-2-8-21(18)22)27-13-10-19(11-14-27)29-17-20-7-5-15-28-20;/h2-3,8-9,16,19-20,26H,4-7,10-15,17H2,1H3,(H,24,25);1H. The SMILES string of the molecule is CN=C(NCCCc1c[nH]c2ccccc12)N1CCC(OCC2CCCO2)CC1.I. The molecule has 6 nitrogen and oxygen atoms in total. The first kappa shape index (κ1) is 23.3. The topological polar surface area (TPSA) is 61.9 Å². The molecule has 0 amide bonds. The van der Waals surface area contributed by atoms with Crippen LogP contribution in [0.15, 0.2) is 35.5 Å². The number of H-pyrrole nitrogens is 1. The Labute approximate surface area is 196 Å². The quantitative estimate of drug-likeness (QED) is 0.248. The molecular weight excluding hydrogens is 491 g/mol. The van der Waals surface area contributed by atoms with Crippen LogP contribution in [0, 0.1) is 0 Å². The molecule has 2 saturated heterocycles. The predicted octanol–water partition coefficient (Wildman–Crippen LogP) is 3.95. The summed E-state index contributed by atoms with van der Waals surface area (Å²) in [5, 5.41) is 4.88. The first-order valence-corrected chi connectivity index (χ1v) is 11.1. The van der Waals surface area contributed by atoms with Gasteiger partial charge in [-0.2, -0.15) is 0 Å². The molecule has 0 bridgehead atoms. The number of likely N-dealkylation sites (tertiary alicyclic amines) is 1. The van der Waals surface area contributed by atoms with Gasteiger partial charge in [0.05, 0.1) is 18.8 Å². The molecule has 2 aliphatic rings. The van der Waals surface area contributed by atoms with Gasteiger partial charge in [-0.1, -0.05) is 18.2 Å². The van der Waals surface area contributed by atoms with Gasteiger partial charge in [-0.15, -0.1) is 24.0 Å². The minimum Gasteiger partial charge on any atom is -0.376 e. The number of benzene rings is 1. The molecule has 4 rings (SSSR count). The summed E-state index contributed by atoms with van der Waals surface area (Å²) in [6.45, 7) is 4.58. The van der Waals surface area contributed by atoms with Gasteiger partial charge in [-0.3, -0.25) is 4.99 Å². The highest BCUT2D eigenvalue weighted by molar-refractivity contribution is 14.0. The van der Waals surface area contributed by atoms with Crippen molar-refractivity contribution in [3.63, 3.8) is 0 Å². The van der Waals surface area contributed by atoms with Crippen molar-refractivity contribution in [3.05, 3.63) is 36.0 Å². The van der Waals surface area contributed by atoms with Gasteiger partial charge in [0, 0.05) is 50.4 Å². The highest BCUT2D eigenvalue weighted by atomic mass is 127. The van der Waals surface area contributed by atoms with Crippen molar-refractivity contribution in [3.8, 4) is 0 Å². The Bertz CT molecular complexity index is 795. The lowest BCUT2D eigenvalue weighted by Gasteiger charge is -2.34. The van der Waals surface area contributed by atoms with Crippen molar-refractivity contribution >= 4 is 40.8 Å². The number of fused-ring (bicyclic) bond motifs is 1. The second-order valence-electron chi connectivity index (χ2n) is 8.09.